The van der Waals surface area contributed by atoms with Crippen LogP contribution in [0.15, 0.2) is 45.3 Å². The number of benzene rings is 1. The van der Waals surface area contributed by atoms with Crippen LogP contribution in [-0.2, 0) is 78.3 Å². The van der Waals surface area contributed by atoms with E-state index in [9.17, 15) is 82.1 Å². The molecule has 43 nitrogen and oxygen atoms in total. The molecule has 618 valence electrons. The smallest absolute Gasteiger partial charge is 0.326 e. The highest BCUT2D eigenvalue weighted by Crippen LogP contribution is 2.13. The van der Waals surface area contributed by atoms with Gasteiger partial charge in [-0.15, -0.1) is 0 Å². The number of nitrogens with two attached hydrogens (primary N) is 11. The van der Waals surface area contributed by atoms with Gasteiger partial charge in [-0.1, -0.05) is 58.0 Å². The normalized spacial score (nSPS) is 14.2. The number of guanidine groups is 3. The van der Waals surface area contributed by atoms with Gasteiger partial charge in [-0.3, -0.25) is 82.1 Å². The molecule has 1 unspecified atom stereocenters. The number of hydrogen-bond donors (Lipinski definition) is 25. The van der Waals surface area contributed by atoms with Gasteiger partial charge in [0.15, 0.2) is 17.9 Å². The molecule has 1 rings (SSSR count). The van der Waals surface area contributed by atoms with E-state index < -0.39 is 200 Å². The topological polar surface area (TPSA) is 764 Å². The quantitative estimate of drug-likeness (QED) is 0.0164. The lowest BCUT2D eigenvalue weighted by Gasteiger charge is -2.28. The Balaban J connectivity index is 3.52. The lowest BCUT2D eigenvalue weighted by atomic mass is 10.0. The number of aliphatic carboxylic acids is 1. The summed E-state index contributed by atoms with van der Waals surface area (Å²) in [5.74, 6) is -16.8. The summed E-state index contributed by atoms with van der Waals surface area (Å²) >= 11 is 0. The lowest BCUT2D eigenvalue weighted by Crippen LogP contribution is -2.60. The van der Waals surface area contributed by atoms with E-state index in [0.29, 0.717) is 24.8 Å². The standard InChI is InChI=1S/C67H118N26O17/c1-35(2)30-45(61(106)88-43(22-15-29-81-67(77)78)57(102)89-44(23-24-49(71)95)59(104)87-41(20-10-12-26-69)58(103)92-47(32-50(72)96)62(107)93-52(36(3)4)64(109)110)91-63(108)48(34-94)84-51(97)33-82-55(100)40(19-9-11-25-68)86-56(101)42(21-14-28-80-66(75)76)85-53(98)37(5)83-60(105)46(31-38-16-7-6-8-17-38)90-54(99)39(70)18-13-27-79-65(73)74/h6-8,16-17,35-37,39-48,52,94H,9-15,18-34,68-70H2,1-5H3,(H2,71,95)(H2,72,96)(H,82,100)(H,83,105)(H,84,97)(H,85,98)(H,86,101)(H,87,104)(H,88,106)(H,89,102)(H,90,99)(H,91,108)(H,92,103)(H,93,107)(H,109,110)(H4,73,74,79)(H4,75,76,80)(H4,77,78,81)/t37-,39-,40-,41?,42-,43-,44-,45-,46-,47-,48-,52-/m0/s1. The summed E-state index contributed by atoms with van der Waals surface area (Å²) in [6, 6.07) is -9.12. The number of aliphatic hydroxyl groups excluding tert-OH is 1. The van der Waals surface area contributed by atoms with Crippen LogP contribution in [0.4, 0.5) is 0 Å². The molecule has 0 aliphatic rings. The Labute approximate surface area is 638 Å². The number of amides is 14. The van der Waals surface area contributed by atoms with Crippen LogP contribution in [-0.4, -0.2) is 235 Å². The van der Waals surface area contributed by atoms with Crippen LogP contribution < -0.4 is 127 Å². The van der Waals surface area contributed by atoms with E-state index in [1.165, 1.54) is 20.8 Å². The average Bonchev–Trinajstić information content (AvgIpc) is 0.857. The van der Waals surface area contributed by atoms with E-state index in [-0.39, 0.29) is 127 Å². The number of unbranched alkanes of at least 4 members (excludes halogenated alkanes) is 2. The van der Waals surface area contributed by atoms with Gasteiger partial charge in [0.25, 0.3) is 0 Å². The van der Waals surface area contributed by atoms with E-state index in [1.807, 2.05) is 0 Å². The summed E-state index contributed by atoms with van der Waals surface area (Å²) in [6.07, 6.45) is -0.804. The van der Waals surface area contributed by atoms with Crippen molar-refractivity contribution in [3.8, 4) is 0 Å². The summed E-state index contributed by atoms with van der Waals surface area (Å²) < 4.78 is 0. The zero-order valence-corrected chi connectivity index (χ0v) is 63.2. The average molecular weight is 1560 g/mol. The first-order valence-corrected chi connectivity index (χ1v) is 36.2. The van der Waals surface area contributed by atoms with E-state index in [1.54, 1.807) is 44.2 Å². The Bertz CT molecular complexity index is 3280. The predicted molar refractivity (Wildman–Crippen MR) is 405 cm³/mol. The molecule has 1 aromatic rings. The van der Waals surface area contributed by atoms with Crippen molar-refractivity contribution in [3.63, 3.8) is 0 Å². The van der Waals surface area contributed by atoms with Gasteiger partial charge in [-0.2, -0.15) is 0 Å². The minimum Gasteiger partial charge on any atom is -0.480 e. The van der Waals surface area contributed by atoms with Crippen LogP contribution in [0.5, 0.6) is 0 Å². The summed E-state index contributed by atoms with van der Waals surface area (Å²) in [6.45, 7) is 6.16. The van der Waals surface area contributed by atoms with E-state index in [4.69, 9.17) is 63.1 Å². The third kappa shape index (κ3) is 40.8. The molecule has 12 atom stereocenters. The number of rotatable bonds is 56. The van der Waals surface area contributed by atoms with Crippen molar-refractivity contribution in [1.82, 2.24) is 63.8 Å². The number of carboxylic acid groups (broad SMARTS) is 1. The fraction of sp³-hybridized carbons (Fsp3) is 0.642. The van der Waals surface area contributed by atoms with Gasteiger partial charge in [-0.25, -0.2) is 4.79 Å². The van der Waals surface area contributed by atoms with Crippen LogP contribution >= 0.6 is 0 Å². The van der Waals surface area contributed by atoms with Gasteiger partial charge in [0.05, 0.1) is 25.6 Å². The molecule has 0 radical (unpaired) electrons. The maximum atomic E-state index is 14.4. The summed E-state index contributed by atoms with van der Waals surface area (Å²) in [4.78, 5) is 215. The number of carboxylic acids is 1. The van der Waals surface area contributed by atoms with Gasteiger partial charge in [0.2, 0.25) is 82.7 Å². The molecule has 0 fully saturated rings. The summed E-state index contributed by atoms with van der Waals surface area (Å²) in [5.41, 5.74) is 62.0. The Morgan fingerprint density at radius 3 is 1.23 bits per heavy atom. The van der Waals surface area contributed by atoms with Crippen LogP contribution in [0.3, 0.4) is 0 Å². The molecule has 0 bridgehead atoms. The van der Waals surface area contributed by atoms with Crippen molar-refractivity contribution < 1.29 is 82.1 Å². The van der Waals surface area contributed by atoms with E-state index in [0.717, 1.165) is 0 Å². The SMILES string of the molecule is CC(C)C[C@H](NC(=O)[C@H](CO)NC(=O)CNC(=O)[C@H](CCCCN)NC(=O)[C@H](CCCN=C(N)N)NC(=O)[C@H](C)NC(=O)[C@H](Cc1ccccc1)NC(=O)[C@@H](N)CCCN=C(N)N)C(=O)N[C@@H](CCCN=C(N)N)C(=O)N[C@@H](CCC(N)=O)C(=O)NC(CCCCN)C(=O)N[C@@H](CC(N)=O)C(=O)N[C@H](C(=O)O)C(C)C. The first-order chi connectivity index (χ1) is 51.8. The van der Waals surface area contributed by atoms with Crippen LogP contribution in [0.25, 0.3) is 0 Å². The molecule has 36 N–H and O–H groups in total. The van der Waals surface area contributed by atoms with Crippen molar-refractivity contribution in [2.75, 3.05) is 45.9 Å². The van der Waals surface area contributed by atoms with Crippen molar-refractivity contribution in [3.05, 3.63) is 35.9 Å². The largest absolute Gasteiger partial charge is 0.480 e. The second-order valence-electron chi connectivity index (χ2n) is 26.8. The highest BCUT2D eigenvalue weighted by atomic mass is 16.4. The second-order valence-corrected chi connectivity index (χ2v) is 26.8. The number of carbonyl (C=O) groups excluding carboxylic acids is 14. The Morgan fingerprint density at radius 2 is 0.800 bits per heavy atom. The number of aliphatic hydroxyl groups is 1. The van der Waals surface area contributed by atoms with Crippen LogP contribution in [0, 0.1) is 11.8 Å². The zero-order valence-electron chi connectivity index (χ0n) is 63.2. The van der Waals surface area contributed by atoms with Crippen molar-refractivity contribution in [2.45, 2.75) is 216 Å². The molecule has 0 aliphatic heterocycles. The summed E-state index contributed by atoms with van der Waals surface area (Å²) in [5, 5.41) is 49.8. The van der Waals surface area contributed by atoms with Crippen molar-refractivity contribution in [2.24, 2.45) is 89.9 Å². The molecule has 0 saturated heterocycles. The first kappa shape index (κ1) is 96.9. The minimum atomic E-state index is -1.80. The second kappa shape index (κ2) is 52.9. The maximum Gasteiger partial charge on any atom is 0.326 e. The van der Waals surface area contributed by atoms with E-state index in [2.05, 4.69) is 78.8 Å². The molecule has 110 heavy (non-hydrogen) atoms. The molecule has 0 heterocycles. The van der Waals surface area contributed by atoms with E-state index >= 15 is 0 Å². The fourth-order valence-electron chi connectivity index (χ4n) is 10.5. The molecule has 0 aliphatic carbocycles. The van der Waals surface area contributed by atoms with Crippen LogP contribution in [0.2, 0.25) is 0 Å². The van der Waals surface area contributed by atoms with Crippen molar-refractivity contribution >= 4 is 107 Å². The Morgan fingerprint density at radius 1 is 0.409 bits per heavy atom. The van der Waals surface area contributed by atoms with Crippen LogP contribution in [0.1, 0.15) is 143 Å². The third-order valence-electron chi connectivity index (χ3n) is 16.5. The Hall–Kier alpha value is -11.1. The maximum absolute atomic E-state index is 14.4. The van der Waals surface area contributed by atoms with Gasteiger partial charge in [0.1, 0.15) is 66.5 Å². The van der Waals surface area contributed by atoms with Gasteiger partial charge >= 0.3 is 5.97 Å². The minimum absolute atomic E-state index is 0.00363. The molecule has 0 spiro atoms. The highest BCUT2D eigenvalue weighted by Gasteiger charge is 2.37. The highest BCUT2D eigenvalue weighted by molar-refractivity contribution is 6.00. The molecule has 1 aromatic carbocycles. The van der Waals surface area contributed by atoms with Crippen molar-refractivity contribution in [1.29, 1.82) is 0 Å². The fourth-order valence-corrected chi connectivity index (χ4v) is 10.5. The molecule has 0 saturated carbocycles. The number of nitrogens with zero attached hydrogens (tertiary/aromatic N) is 3. The third-order valence-corrected chi connectivity index (χ3v) is 16.5. The number of carbonyl (C=O) groups is 15. The molecule has 14 amide bonds. The Kier molecular flexibility index (Phi) is 46.6. The lowest BCUT2D eigenvalue weighted by molar-refractivity contribution is -0.143. The molecule has 43 heteroatoms. The zero-order chi connectivity index (χ0) is 83.2. The molecular formula is C67H118N26O17. The number of primary amides is 2. The van der Waals surface area contributed by atoms with Gasteiger partial charge in [0, 0.05) is 32.5 Å². The molecule has 0 aromatic heterocycles. The number of aliphatic imine (C=N–C) groups is 3. The number of hydrogen-bond acceptors (Lipinski definition) is 22. The van der Waals surface area contributed by atoms with Gasteiger partial charge in [-0.05, 0) is 127 Å². The van der Waals surface area contributed by atoms with Gasteiger partial charge < -0.3 is 137 Å². The number of nitrogens with one attached hydrogen (secondary N) is 12. The molecular weight excluding hydrogens is 1440 g/mol. The summed E-state index contributed by atoms with van der Waals surface area (Å²) in [7, 11) is 0. The first-order valence-electron chi connectivity index (χ1n) is 36.2. The predicted octanol–water partition coefficient (Wildman–Crippen LogP) is -9.64. The monoisotopic (exact) mass is 1560 g/mol.